The first-order valence-electron chi connectivity index (χ1n) is 6.20. The molecule has 108 valence electrons. The van der Waals surface area contributed by atoms with Gasteiger partial charge in [0.1, 0.15) is 18.2 Å². The molecule has 0 radical (unpaired) electrons. The van der Waals surface area contributed by atoms with Gasteiger partial charge in [-0.05, 0) is 35.9 Å². The molecule has 0 bridgehead atoms. The number of urea groups is 1. The molecule has 2 aromatic carbocycles. The van der Waals surface area contributed by atoms with E-state index in [1.165, 1.54) is 12.3 Å². The average Bonchev–Trinajstić information content (AvgIpc) is 2.47. The molecule has 21 heavy (non-hydrogen) atoms. The number of nitrogens with zero attached hydrogens (tertiary/aromatic N) is 1. The van der Waals surface area contributed by atoms with E-state index in [2.05, 4.69) is 10.5 Å². The lowest BCUT2D eigenvalue weighted by atomic mass is 10.2. The maximum atomic E-state index is 13.4. The third kappa shape index (κ3) is 4.61. The number of carbonyl (C=O) groups is 1. The zero-order chi connectivity index (χ0) is 15.1. The number of hydrogen-bond donors (Lipinski definition) is 2. The Morgan fingerprint density at radius 2 is 1.95 bits per heavy atom. The van der Waals surface area contributed by atoms with Crippen LogP contribution < -0.4 is 15.9 Å². The first-order chi connectivity index (χ1) is 10.1. The highest BCUT2D eigenvalue weighted by atomic mass is 19.1. The molecule has 0 heterocycles. The lowest BCUT2D eigenvalue weighted by molar-refractivity contribution is 0.249. The highest BCUT2D eigenvalue weighted by Crippen LogP contribution is 2.14. The highest BCUT2D eigenvalue weighted by Gasteiger charge is 2.01. The van der Waals surface area contributed by atoms with E-state index in [4.69, 9.17) is 10.5 Å². The molecule has 0 saturated carbocycles. The van der Waals surface area contributed by atoms with E-state index >= 15 is 0 Å². The van der Waals surface area contributed by atoms with E-state index in [9.17, 15) is 9.18 Å². The van der Waals surface area contributed by atoms with Gasteiger partial charge in [0, 0.05) is 5.56 Å². The molecule has 2 rings (SSSR count). The summed E-state index contributed by atoms with van der Waals surface area (Å²) in [7, 11) is 0. The maximum Gasteiger partial charge on any atom is 0.332 e. The Morgan fingerprint density at radius 3 is 2.62 bits per heavy atom. The molecule has 0 unspecified atom stereocenters. The molecule has 2 aromatic rings. The SMILES string of the molecule is NC(=O)NN=Cc1ccc(OCc2ccccc2F)cc1. The van der Waals surface area contributed by atoms with Gasteiger partial charge in [0.05, 0.1) is 6.21 Å². The van der Waals surface area contributed by atoms with E-state index in [1.807, 2.05) is 0 Å². The van der Waals surface area contributed by atoms with Gasteiger partial charge in [-0.2, -0.15) is 5.10 Å². The van der Waals surface area contributed by atoms with Gasteiger partial charge in [-0.1, -0.05) is 18.2 Å². The number of halogens is 1. The van der Waals surface area contributed by atoms with Crippen molar-refractivity contribution < 1.29 is 13.9 Å². The summed E-state index contributed by atoms with van der Waals surface area (Å²) >= 11 is 0. The third-order valence-electron chi connectivity index (χ3n) is 2.62. The number of rotatable bonds is 5. The maximum absolute atomic E-state index is 13.4. The summed E-state index contributed by atoms with van der Waals surface area (Å²) < 4.78 is 18.9. The quantitative estimate of drug-likeness (QED) is 0.654. The molecule has 3 N–H and O–H groups in total. The molecule has 5 nitrogen and oxygen atoms in total. The van der Waals surface area contributed by atoms with Crippen LogP contribution in [0, 0.1) is 5.82 Å². The van der Waals surface area contributed by atoms with Crippen LogP contribution in [0.4, 0.5) is 9.18 Å². The Labute approximate surface area is 121 Å². The van der Waals surface area contributed by atoms with E-state index in [1.54, 1.807) is 42.5 Å². The van der Waals surface area contributed by atoms with E-state index < -0.39 is 6.03 Å². The van der Waals surface area contributed by atoms with Crippen molar-refractivity contribution in [1.29, 1.82) is 0 Å². The van der Waals surface area contributed by atoms with Crippen LogP contribution in [0.2, 0.25) is 0 Å². The first kappa shape index (κ1) is 14.5. The lowest BCUT2D eigenvalue weighted by Crippen LogP contribution is -2.24. The van der Waals surface area contributed by atoms with Gasteiger partial charge < -0.3 is 10.5 Å². The Balaban J connectivity index is 1.92. The van der Waals surface area contributed by atoms with E-state index in [-0.39, 0.29) is 12.4 Å². The Hall–Kier alpha value is -2.89. The number of nitrogens with two attached hydrogens (primary N) is 1. The van der Waals surface area contributed by atoms with Crippen LogP contribution in [0.25, 0.3) is 0 Å². The zero-order valence-corrected chi connectivity index (χ0v) is 11.1. The molecule has 0 saturated heterocycles. The molecule has 2 amide bonds. The van der Waals surface area contributed by atoms with Crippen molar-refractivity contribution in [1.82, 2.24) is 5.43 Å². The first-order valence-corrected chi connectivity index (χ1v) is 6.20. The predicted molar refractivity (Wildman–Crippen MR) is 77.5 cm³/mol. The van der Waals surface area contributed by atoms with Crippen LogP contribution in [-0.4, -0.2) is 12.2 Å². The minimum Gasteiger partial charge on any atom is -0.489 e. The normalized spacial score (nSPS) is 10.5. The summed E-state index contributed by atoms with van der Waals surface area (Å²) in [5.74, 6) is 0.317. The van der Waals surface area contributed by atoms with Crippen LogP contribution in [0.15, 0.2) is 53.6 Å². The molecule has 0 spiro atoms. The molecule has 0 fully saturated rings. The average molecular weight is 287 g/mol. The van der Waals surface area contributed by atoms with Gasteiger partial charge in [-0.25, -0.2) is 14.6 Å². The number of hydrazone groups is 1. The van der Waals surface area contributed by atoms with E-state index in [0.29, 0.717) is 11.3 Å². The number of benzene rings is 2. The second-order valence-corrected chi connectivity index (χ2v) is 4.18. The van der Waals surface area contributed by atoms with Gasteiger partial charge in [-0.3, -0.25) is 0 Å². The van der Waals surface area contributed by atoms with Crippen molar-refractivity contribution in [2.24, 2.45) is 10.8 Å². The predicted octanol–water partition coefficient (Wildman–Crippen LogP) is 2.41. The van der Waals surface area contributed by atoms with Crippen LogP contribution in [0.1, 0.15) is 11.1 Å². The minimum absolute atomic E-state index is 0.156. The van der Waals surface area contributed by atoms with Crippen molar-refractivity contribution in [2.45, 2.75) is 6.61 Å². The summed E-state index contributed by atoms with van der Waals surface area (Å²) in [4.78, 5) is 10.4. The number of ether oxygens (including phenoxy) is 1. The van der Waals surface area contributed by atoms with Crippen LogP contribution >= 0.6 is 0 Å². The Bertz CT molecular complexity index is 642. The van der Waals surface area contributed by atoms with E-state index in [0.717, 1.165) is 5.56 Å². The summed E-state index contributed by atoms with van der Waals surface area (Å²) in [6.07, 6.45) is 1.45. The smallest absolute Gasteiger partial charge is 0.332 e. The fourth-order valence-electron chi connectivity index (χ4n) is 1.60. The summed E-state index contributed by atoms with van der Waals surface area (Å²) in [5.41, 5.74) is 8.23. The van der Waals surface area contributed by atoms with Crippen LogP contribution in [0.3, 0.4) is 0 Å². The van der Waals surface area contributed by atoms with Gasteiger partial charge in [-0.15, -0.1) is 0 Å². The Morgan fingerprint density at radius 1 is 1.24 bits per heavy atom. The van der Waals surface area contributed by atoms with Gasteiger partial charge in [0.2, 0.25) is 0 Å². The molecule has 0 aliphatic heterocycles. The third-order valence-corrected chi connectivity index (χ3v) is 2.62. The number of nitrogens with one attached hydrogen (secondary N) is 1. The lowest BCUT2D eigenvalue weighted by Gasteiger charge is -2.07. The van der Waals surface area contributed by atoms with Crippen LogP contribution in [-0.2, 0) is 6.61 Å². The van der Waals surface area contributed by atoms with Crippen molar-refractivity contribution in [3.63, 3.8) is 0 Å². The topological polar surface area (TPSA) is 76.7 Å². The number of primary amides is 1. The number of hydrogen-bond acceptors (Lipinski definition) is 3. The van der Waals surface area contributed by atoms with Gasteiger partial charge >= 0.3 is 6.03 Å². The minimum atomic E-state index is -0.726. The zero-order valence-electron chi connectivity index (χ0n) is 11.1. The van der Waals surface area contributed by atoms with Crippen molar-refractivity contribution in [3.8, 4) is 5.75 Å². The summed E-state index contributed by atoms with van der Waals surface area (Å²) in [5, 5.41) is 3.64. The fourth-order valence-corrected chi connectivity index (χ4v) is 1.60. The van der Waals surface area contributed by atoms with Gasteiger partial charge in [0.15, 0.2) is 0 Å². The highest BCUT2D eigenvalue weighted by molar-refractivity contribution is 5.81. The Kier molecular flexibility index (Phi) is 4.87. The number of amides is 2. The summed E-state index contributed by atoms with van der Waals surface area (Å²) in [6.45, 7) is 0.156. The molecule has 0 aliphatic rings. The fraction of sp³-hybridized carbons (Fsp3) is 0.0667. The number of carbonyl (C=O) groups excluding carboxylic acids is 1. The van der Waals surface area contributed by atoms with Crippen molar-refractivity contribution >= 4 is 12.2 Å². The second kappa shape index (κ2) is 7.04. The molecular formula is C15H14FN3O2. The molecular weight excluding hydrogens is 273 g/mol. The van der Waals surface area contributed by atoms with Crippen molar-refractivity contribution in [2.75, 3.05) is 0 Å². The summed E-state index contributed by atoms with van der Waals surface area (Å²) in [6, 6.07) is 12.7. The largest absolute Gasteiger partial charge is 0.489 e. The van der Waals surface area contributed by atoms with Crippen molar-refractivity contribution in [3.05, 3.63) is 65.5 Å². The van der Waals surface area contributed by atoms with Crippen LogP contribution in [0.5, 0.6) is 5.75 Å². The monoisotopic (exact) mass is 287 g/mol. The standard InChI is InChI=1S/C15H14FN3O2/c16-14-4-2-1-3-12(14)10-21-13-7-5-11(6-8-13)9-18-19-15(17)20/h1-9H,10H2,(H3,17,19,20). The molecule has 6 heteroatoms. The second-order valence-electron chi connectivity index (χ2n) is 4.18. The molecule has 0 aliphatic carbocycles. The molecule has 0 atom stereocenters. The molecule has 0 aromatic heterocycles. The van der Waals surface area contributed by atoms with Gasteiger partial charge in [0.25, 0.3) is 0 Å².